The summed E-state index contributed by atoms with van der Waals surface area (Å²) < 4.78 is 1.32. The fraction of sp³-hybridized carbons (Fsp3) is 0.263. The predicted octanol–water partition coefficient (Wildman–Crippen LogP) is 2.25. The van der Waals surface area contributed by atoms with Gasteiger partial charge < -0.3 is 5.32 Å². The van der Waals surface area contributed by atoms with Crippen molar-refractivity contribution in [3.05, 3.63) is 73.1 Å². The molecule has 0 aliphatic carbocycles. The summed E-state index contributed by atoms with van der Waals surface area (Å²) in [6.45, 7) is 4.28. The van der Waals surface area contributed by atoms with Gasteiger partial charge in [0.25, 0.3) is 11.2 Å². The Kier molecular flexibility index (Phi) is 6.13. The highest BCUT2D eigenvalue weighted by molar-refractivity contribution is 7.15. The molecular weight excluding hydrogens is 394 g/mol. The maximum atomic E-state index is 12.1. The van der Waals surface area contributed by atoms with Crippen molar-refractivity contribution in [2.75, 3.05) is 6.54 Å². The van der Waals surface area contributed by atoms with Crippen LogP contribution in [0.2, 0.25) is 0 Å². The van der Waals surface area contributed by atoms with Gasteiger partial charge in [0, 0.05) is 24.7 Å². The van der Waals surface area contributed by atoms with Crippen LogP contribution in [-0.2, 0) is 17.8 Å². The van der Waals surface area contributed by atoms with E-state index in [0.717, 1.165) is 15.6 Å². The quantitative estimate of drug-likeness (QED) is 0.469. The number of aromatic nitrogens is 3. The van der Waals surface area contributed by atoms with Gasteiger partial charge in [-0.2, -0.15) is 5.10 Å². The van der Waals surface area contributed by atoms with Crippen molar-refractivity contribution in [3.8, 4) is 10.6 Å². The number of carbonyl (C=O) groups is 1. The molecule has 0 radical (unpaired) electrons. The second-order valence-electron chi connectivity index (χ2n) is 6.38. The lowest BCUT2D eigenvalue weighted by Crippen LogP contribution is -2.32. The first-order valence-corrected chi connectivity index (χ1v) is 9.68. The van der Waals surface area contributed by atoms with Crippen LogP contribution in [0.3, 0.4) is 0 Å². The molecule has 0 unspecified atom stereocenters. The molecule has 29 heavy (non-hydrogen) atoms. The van der Waals surface area contributed by atoms with E-state index in [1.807, 2.05) is 13.8 Å². The zero-order valence-electron chi connectivity index (χ0n) is 15.9. The minimum atomic E-state index is -0.488. The zero-order chi connectivity index (χ0) is 21.0. The Morgan fingerprint density at radius 1 is 1.21 bits per heavy atom. The average molecular weight is 413 g/mol. The number of nitro benzene ring substituents is 1. The number of non-ortho nitro benzene ring substituents is 1. The van der Waals surface area contributed by atoms with E-state index in [9.17, 15) is 19.7 Å². The van der Waals surface area contributed by atoms with Crippen molar-refractivity contribution >= 4 is 22.9 Å². The molecule has 1 N–H and O–H groups in total. The Morgan fingerprint density at radius 3 is 2.55 bits per heavy atom. The molecular formula is C19H19N5O4S. The highest BCUT2D eigenvalue weighted by Crippen LogP contribution is 2.27. The van der Waals surface area contributed by atoms with E-state index in [1.165, 1.54) is 34.2 Å². The summed E-state index contributed by atoms with van der Waals surface area (Å²) in [6.07, 6.45) is 0.0969. The van der Waals surface area contributed by atoms with E-state index >= 15 is 0 Å². The van der Waals surface area contributed by atoms with Crippen LogP contribution in [0.25, 0.3) is 10.6 Å². The number of hydrogen-bond acceptors (Lipinski definition) is 7. The molecule has 10 heteroatoms. The first-order chi connectivity index (χ1) is 13.8. The summed E-state index contributed by atoms with van der Waals surface area (Å²) in [5.74, 6) is -0.239. The van der Waals surface area contributed by atoms with E-state index in [2.05, 4.69) is 15.4 Å². The molecule has 0 atom stereocenters. The van der Waals surface area contributed by atoms with Crippen LogP contribution in [0.1, 0.15) is 16.3 Å². The molecule has 0 aliphatic rings. The second-order valence-corrected chi connectivity index (χ2v) is 7.58. The Morgan fingerprint density at radius 2 is 1.93 bits per heavy atom. The number of benzene rings is 1. The fourth-order valence-corrected chi connectivity index (χ4v) is 3.67. The summed E-state index contributed by atoms with van der Waals surface area (Å²) in [5.41, 5.74) is 1.93. The molecule has 0 saturated heterocycles. The van der Waals surface area contributed by atoms with Gasteiger partial charge in [0.1, 0.15) is 5.69 Å². The number of aryl methyl sites for hydroxylation is 2. The molecule has 0 bridgehead atoms. The Labute approximate surface area is 170 Å². The molecule has 0 spiro atoms. The van der Waals surface area contributed by atoms with E-state index in [1.54, 1.807) is 18.2 Å². The number of amides is 1. The van der Waals surface area contributed by atoms with Crippen LogP contribution in [0.15, 0.2) is 41.2 Å². The van der Waals surface area contributed by atoms with Crippen LogP contribution in [0.4, 0.5) is 5.69 Å². The van der Waals surface area contributed by atoms with Gasteiger partial charge in [-0.25, -0.2) is 9.67 Å². The smallest absolute Gasteiger partial charge is 0.269 e. The summed E-state index contributed by atoms with van der Waals surface area (Å²) >= 11 is 1.51. The minimum absolute atomic E-state index is 0.0224. The van der Waals surface area contributed by atoms with Crippen molar-refractivity contribution in [1.82, 2.24) is 20.1 Å². The second kappa shape index (κ2) is 8.74. The van der Waals surface area contributed by atoms with E-state index in [-0.39, 0.29) is 36.7 Å². The molecule has 0 fully saturated rings. The molecule has 2 heterocycles. The van der Waals surface area contributed by atoms with Crippen molar-refractivity contribution in [1.29, 1.82) is 0 Å². The lowest BCUT2D eigenvalue weighted by atomic mass is 10.1. The van der Waals surface area contributed by atoms with E-state index in [4.69, 9.17) is 0 Å². The molecule has 0 aliphatic heterocycles. The van der Waals surface area contributed by atoms with Crippen LogP contribution in [-0.4, -0.2) is 32.1 Å². The number of nitro groups is 1. The summed E-state index contributed by atoms with van der Waals surface area (Å²) in [5, 5.41) is 18.7. The van der Waals surface area contributed by atoms with Crippen molar-refractivity contribution in [2.24, 2.45) is 0 Å². The van der Waals surface area contributed by atoms with Gasteiger partial charge in [0.05, 0.1) is 33.5 Å². The van der Waals surface area contributed by atoms with Crippen molar-refractivity contribution in [3.63, 3.8) is 0 Å². The molecule has 3 aromatic rings. The van der Waals surface area contributed by atoms with Crippen LogP contribution in [0, 0.1) is 24.0 Å². The van der Waals surface area contributed by atoms with Gasteiger partial charge in [-0.15, -0.1) is 11.3 Å². The lowest BCUT2D eigenvalue weighted by molar-refractivity contribution is -0.384. The Bertz CT molecular complexity index is 1100. The fourth-order valence-electron chi connectivity index (χ4n) is 2.78. The molecule has 150 valence electrons. The Balaban J connectivity index is 1.59. The topological polar surface area (TPSA) is 120 Å². The largest absolute Gasteiger partial charge is 0.354 e. The third-order valence-corrected chi connectivity index (χ3v) is 5.26. The van der Waals surface area contributed by atoms with Gasteiger partial charge in [0.2, 0.25) is 5.91 Å². The highest BCUT2D eigenvalue weighted by Gasteiger charge is 2.11. The number of hydrogen-bond donors (Lipinski definition) is 1. The SMILES string of the molecule is Cc1nc(C)c(-c2ccc(=O)n(CCNC(=O)Cc3ccc([N+](=O)[O-])cc3)n2)s1. The molecule has 0 saturated carbocycles. The number of nitrogens with zero attached hydrogens (tertiary/aromatic N) is 4. The maximum Gasteiger partial charge on any atom is 0.269 e. The van der Waals surface area contributed by atoms with Crippen LogP contribution in [0.5, 0.6) is 0 Å². The lowest BCUT2D eigenvalue weighted by Gasteiger charge is -2.08. The molecule has 2 aromatic heterocycles. The van der Waals surface area contributed by atoms with Crippen molar-refractivity contribution < 1.29 is 9.72 Å². The van der Waals surface area contributed by atoms with Gasteiger partial charge in [0.15, 0.2) is 0 Å². The van der Waals surface area contributed by atoms with Crippen molar-refractivity contribution in [2.45, 2.75) is 26.8 Å². The third-order valence-electron chi connectivity index (χ3n) is 4.16. The maximum absolute atomic E-state index is 12.1. The Hall–Kier alpha value is -3.40. The molecule has 9 nitrogen and oxygen atoms in total. The number of carbonyl (C=O) groups excluding carboxylic acids is 1. The van der Waals surface area contributed by atoms with E-state index < -0.39 is 4.92 Å². The molecule has 1 aromatic carbocycles. The number of rotatable bonds is 7. The average Bonchev–Trinajstić information content (AvgIpc) is 3.02. The number of thiazole rings is 1. The summed E-state index contributed by atoms with van der Waals surface area (Å²) in [4.78, 5) is 39.6. The van der Waals surface area contributed by atoms with Gasteiger partial charge in [-0.3, -0.25) is 19.7 Å². The minimum Gasteiger partial charge on any atom is -0.354 e. The van der Waals surface area contributed by atoms with E-state index in [0.29, 0.717) is 11.3 Å². The highest BCUT2D eigenvalue weighted by atomic mass is 32.1. The monoisotopic (exact) mass is 413 g/mol. The molecule has 1 amide bonds. The standard InChI is InChI=1S/C19H19N5O4S/c1-12-19(29-13(2)21-12)16-7-8-18(26)23(22-16)10-9-20-17(25)11-14-3-5-15(6-4-14)24(27)28/h3-8H,9-11H2,1-2H3,(H,20,25). The third kappa shape index (κ3) is 5.11. The first-order valence-electron chi connectivity index (χ1n) is 8.86. The molecule has 3 rings (SSSR count). The predicted molar refractivity (Wildman–Crippen MR) is 109 cm³/mol. The van der Waals surface area contributed by atoms with Gasteiger partial charge in [-0.05, 0) is 25.5 Å². The summed E-state index contributed by atoms with van der Waals surface area (Å²) in [6, 6.07) is 8.95. The normalized spacial score (nSPS) is 10.7. The van der Waals surface area contributed by atoms with Crippen LogP contribution < -0.4 is 10.9 Å². The van der Waals surface area contributed by atoms with Gasteiger partial charge in [-0.1, -0.05) is 12.1 Å². The summed E-state index contributed by atoms with van der Waals surface area (Å²) in [7, 11) is 0. The zero-order valence-corrected chi connectivity index (χ0v) is 16.7. The first kappa shape index (κ1) is 20.3. The van der Waals surface area contributed by atoms with Gasteiger partial charge >= 0.3 is 0 Å². The number of nitrogens with one attached hydrogen (secondary N) is 1. The van der Waals surface area contributed by atoms with Crippen LogP contribution >= 0.6 is 11.3 Å².